The minimum absolute atomic E-state index is 0.0855. The zero-order chi connectivity index (χ0) is 25.4. The first-order valence-corrected chi connectivity index (χ1v) is 13.9. The van der Waals surface area contributed by atoms with Crippen molar-refractivity contribution in [1.29, 1.82) is 0 Å². The van der Waals surface area contributed by atoms with E-state index < -0.39 is 7.60 Å². The molecule has 184 valence electrons. The molecule has 3 aromatic rings. The quantitative estimate of drug-likeness (QED) is 0.197. The Kier molecular flexibility index (Phi) is 9.49. The van der Waals surface area contributed by atoms with Crippen LogP contribution >= 0.6 is 7.60 Å². The fourth-order valence-electron chi connectivity index (χ4n) is 4.09. The standard InChI is InChI=1S/C30H36NO3P/c1-22-7-5-8-29(17-22)30(20-26-10-9-23(2)24(3)18-26)14-13-28-12-11-27(19-25(28)4)21-31-15-6-16-35(32,33)34/h5,7-12,17-19,30-31H,6,15-16,20-21H2,1-4H3,(H2,32,33,34). The number of hydrogen-bond donors (Lipinski definition) is 3. The second-order valence-electron chi connectivity index (χ2n) is 9.43. The van der Waals surface area contributed by atoms with Gasteiger partial charge in [0.25, 0.3) is 0 Å². The van der Waals surface area contributed by atoms with Gasteiger partial charge in [-0.25, -0.2) is 0 Å². The van der Waals surface area contributed by atoms with Crippen LogP contribution in [0.3, 0.4) is 0 Å². The van der Waals surface area contributed by atoms with E-state index in [1.165, 1.54) is 27.8 Å². The molecule has 35 heavy (non-hydrogen) atoms. The largest absolute Gasteiger partial charge is 0.325 e. The van der Waals surface area contributed by atoms with Gasteiger partial charge in [-0.05, 0) is 86.5 Å². The molecule has 0 saturated carbocycles. The van der Waals surface area contributed by atoms with Gasteiger partial charge in [0.2, 0.25) is 0 Å². The Morgan fingerprint density at radius 2 is 1.63 bits per heavy atom. The molecule has 3 aromatic carbocycles. The molecule has 0 radical (unpaired) electrons. The van der Waals surface area contributed by atoms with E-state index in [0.717, 1.165) is 23.1 Å². The lowest BCUT2D eigenvalue weighted by atomic mass is 9.90. The van der Waals surface area contributed by atoms with Gasteiger partial charge >= 0.3 is 7.60 Å². The fraction of sp³-hybridized carbons (Fsp3) is 0.333. The summed E-state index contributed by atoms with van der Waals surface area (Å²) in [6, 6.07) is 21.6. The smallest absolute Gasteiger partial charge is 0.324 e. The van der Waals surface area contributed by atoms with Crippen molar-refractivity contribution < 1.29 is 14.4 Å². The van der Waals surface area contributed by atoms with Crippen molar-refractivity contribution in [3.63, 3.8) is 0 Å². The van der Waals surface area contributed by atoms with Crippen LogP contribution < -0.4 is 5.32 Å². The zero-order valence-corrected chi connectivity index (χ0v) is 22.0. The van der Waals surface area contributed by atoms with E-state index >= 15 is 0 Å². The van der Waals surface area contributed by atoms with Crippen molar-refractivity contribution in [2.24, 2.45) is 0 Å². The number of aryl methyl sites for hydroxylation is 4. The van der Waals surface area contributed by atoms with Crippen LogP contribution in [0.1, 0.15) is 56.8 Å². The van der Waals surface area contributed by atoms with Gasteiger partial charge in [0.05, 0.1) is 6.16 Å². The van der Waals surface area contributed by atoms with Crippen molar-refractivity contribution in [2.75, 3.05) is 12.7 Å². The van der Waals surface area contributed by atoms with Crippen LogP contribution in [0.15, 0.2) is 60.7 Å². The monoisotopic (exact) mass is 489 g/mol. The van der Waals surface area contributed by atoms with E-state index in [1.807, 2.05) is 0 Å². The van der Waals surface area contributed by atoms with Gasteiger partial charge in [-0.15, -0.1) is 0 Å². The van der Waals surface area contributed by atoms with Crippen LogP contribution in [0.25, 0.3) is 0 Å². The van der Waals surface area contributed by atoms with E-state index in [4.69, 9.17) is 9.79 Å². The van der Waals surface area contributed by atoms with Crippen LogP contribution in [0.2, 0.25) is 0 Å². The summed E-state index contributed by atoms with van der Waals surface area (Å²) in [6.45, 7) is 9.72. The van der Waals surface area contributed by atoms with Crippen molar-refractivity contribution in [2.45, 2.75) is 53.0 Å². The summed E-state index contributed by atoms with van der Waals surface area (Å²) < 4.78 is 10.9. The molecule has 3 rings (SSSR count). The minimum atomic E-state index is -3.92. The molecular formula is C30H36NO3P. The van der Waals surface area contributed by atoms with Gasteiger partial charge in [-0.3, -0.25) is 4.57 Å². The summed E-state index contributed by atoms with van der Waals surface area (Å²) >= 11 is 0. The molecule has 3 N–H and O–H groups in total. The summed E-state index contributed by atoms with van der Waals surface area (Å²) in [5.41, 5.74) is 9.67. The maximum atomic E-state index is 10.9. The Morgan fingerprint density at radius 3 is 2.31 bits per heavy atom. The first-order valence-electron chi connectivity index (χ1n) is 12.1. The van der Waals surface area contributed by atoms with E-state index in [-0.39, 0.29) is 12.1 Å². The highest BCUT2D eigenvalue weighted by atomic mass is 31.2. The van der Waals surface area contributed by atoms with Gasteiger partial charge in [0.1, 0.15) is 0 Å². The van der Waals surface area contributed by atoms with Gasteiger partial charge in [0, 0.05) is 18.0 Å². The molecule has 1 atom stereocenters. The van der Waals surface area contributed by atoms with Gasteiger partial charge in [-0.1, -0.05) is 72.0 Å². The first kappa shape index (κ1) is 26.9. The average molecular weight is 490 g/mol. The van der Waals surface area contributed by atoms with E-state index in [9.17, 15) is 4.57 Å². The molecule has 0 amide bonds. The second kappa shape index (κ2) is 12.3. The lowest BCUT2D eigenvalue weighted by Gasteiger charge is -2.14. The van der Waals surface area contributed by atoms with E-state index in [2.05, 4.69) is 106 Å². The Bertz CT molecular complexity index is 1270. The average Bonchev–Trinajstić information content (AvgIpc) is 2.79. The highest BCUT2D eigenvalue weighted by Gasteiger charge is 2.12. The highest BCUT2D eigenvalue weighted by Crippen LogP contribution is 2.34. The van der Waals surface area contributed by atoms with Gasteiger partial charge in [-0.2, -0.15) is 0 Å². The summed E-state index contributed by atoms with van der Waals surface area (Å²) in [7, 11) is -3.92. The lowest BCUT2D eigenvalue weighted by Crippen LogP contribution is -2.15. The molecule has 4 nitrogen and oxygen atoms in total. The predicted molar refractivity (Wildman–Crippen MR) is 145 cm³/mol. The topological polar surface area (TPSA) is 69.6 Å². The molecule has 0 aromatic heterocycles. The van der Waals surface area contributed by atoms with Crippen LogP contribution in [0.4, 0.5) is 0 Å². The van der Waals surface area contributed by atoms with Crippen molar-refractivity contribution in [3.05, 3.63) is 105 Å². The van der Waals surface area contributed by atoms with Gasteiger partial charge < -0.3 is 15.1 Å². The Balaban J connectivity index is 1.74. The molecule has 0 aliphatic rings. The van der Waals surface area contributed by atoms with E-state index in [1.54, 1.807) is 0 Å². The van der Waals surface area contributed by atoms with Crippen molar-refractivity contribution in [1.82, 2.24) is 5.32 Å². The molecule has 0 saturated heterocycles. The summed E-state index contributed by atoms with van der Waals surface area (Å²) in [5.74, 6) is 7.10. The first-order chi connectivity index (χ1) is 16.6. The minimum Gasteiger partial charge on any atom is -0.324 e. The molecule has 0 aliphatic heterocycles. The maximum absolute atomic E-state index is 10.9. The van der Waals surface area contributed by atoms with E-state index in [0.29, 0.717) is 19.5 Å². The molecule has 5 heteroatoms. The number of benzene rings is 3. The third kappa shape index (κ3) is 8.80. The summed E-state index contributed by atoms with van der Waals surface area (Å²) in [5, 5.41) is 3.25. The molecule has 0 spiro atoms. The van der Waals surface area contributed by atoms with Crippen LogP contribution in [-0.4, -0.2) is 22.5 Å². The number of rotatable bonds is 9. The molecule has 0 bridgehead atoms. The maximum Gasteiger partial charge on any atom is 0.325 e. The normalized spacial score (nSPS) is 12.2. The Labute approximate surface area is 210 Å². The van der Waals surface area contributed by atoms with Crippen LogP contribution in [0, 0.1) is 39.5 Å². The lowest BCUT2D eigenvalue weighted by molar-refractivity contribution is 0.371. The Hall–Kier alpha value is -2.67. The third-order valence-electron chi connectivity index (χ3n) is 6.26. The zero-order valence-electron chi connectivity index (χ0n) is 21.1. The molecular weight excluding hydrogens is 453 g/mol. The summed E-state index contributed by atoms with van der Waals surface area (Å²) in [6.07, 6.45) is 1.23. The molecule has 0 fully saturated rings. The predicted octanol–water partition coefficient (Wildman–Crippen LogP) is 5.96. The third-order valence-corrected chi connectivity index (χ3v) is 7.16. The van der Waals surface area contributed by atoms with Crippen LogP contribution in [0.5, 0.6) is 0 Å². The number of hydrogen-bond acceptors (Lipinski definition) is 2. The van der Waals surface area contributed by atoms with Crippen molar-refractivity contribution >= 4 is 7.60 Å². The fourth-order valence-corrected chi connectivity index (χ4v) is 4.66. The van der Waals surface area contributed by atoms with Gasteiger partial charge in [0.15, 0.2) is 0 Å². The highest BCUT2D eigenvalue weighted by molar-refractivity contribution is 7.51. The second-order valence-corrected chi connectivity index (χ2v) is 11.2. The molecule has 0 aliphatic carbocycles. The SMILES string of the molecule is Cc1cccc(C(C#Cc2ccc(CNCCCP(=O)(O)O)cc2C)Cc2ccc(C)c(C)c2)c1. The van der Waals surface area contributed by atoms with Crippen LogP contribution in [-0.2, 0) is 17.5 Å². The number of nitrogens with one attached hydrogen (secondary N) is 1. The van der Waals surface area contributed by atoms with Crippen molar-refractivity contribution in [3.8, 4) is 11.8 Å². The Morgan fingerprint density at radius 1 is 0.886 bits per heavy atom. The summed E-state index contributed by atoms with van der Waals surface area (Å²) in [4.78, 5) is 17.9. The molecule has 0 heterocycles. The molecule has 1 unspecified atom stereocenters.